The molecule has 0 radical (unpaired) electrons. The maximum atomic E-state index is 12.1. The van der Waals surface area contributed by atoms with Gasteiger partial charge in [0.05, 0.1) is 5.69 Å². The van der Waals surface area contributed by atoms with Crippen LogP contribution in [0.1, 0.15) is 28.9 Å². The van der Waals surface area contributed by atoms with Crippen LogP contribution < -0.4 is 11.1 Å². The molecule has 0 saturated carbocycles. The molecule has 20 heavy (non-hydrogen) atoms. The molecule has 3 N–H and O–H groups in total. The monoisotopic (exact) mass is 310 g/mol. The second-order valence-electron chi connectivity index (χ2n) is 4.36. The highest BCUT2D eigenvalue weighted by molar-refractivity contribution is 7.98. The second-order valence-corrected chi connectivity index (χ2v) is 6.35. The third-order valence-electron chi connectivity index (χ3n) is 2.88. The van der Waals surface area contributed by atoms with Crippen LogP contribution in [0.5, 0.6) is 0 Å². The first-order valence-corrected chi connectivity index (χ1v) is 8.71. The number of hydrogen-bond acceptors (Lipinski definition) is 6. The van der Waals surface area contributed by atoms with E-state index >= 15 is 0 Å². The first kappa shape index (κ1) is 15.1. The van der Waals surface area contributed by atoms with Gasteiger partial charge in [-0.1, -0.05) is 6.42 Å². The molecule has 0 aromatic carbocycles. The number of fused-ring (bicyclic) bond motifs is 1. The highest BCUT2D eigenvalue weighted by atomic mass is 32.2. The Morgan fingerprint density at radius 3 is 2.90 bits per heavy atom. The van der Waals surface area contributed by atoms with Crippen LogP contribution >= 0.6 is 23.1 Å². The van der Waals surface area contributed by atoms with Crippen molar-refractivity contribution in [2.45, 2.75) is 19.3 Å². The van der Waals surface area contributed by atoms with Gasteiger partial charge in [-0.2, -0.15) is 11.8 Å². The lowest BCUT2D eigenvalue weighted by atomic mass is 10.2. The van der Waals surface area contributed by atoms with Crippen molar-refractivity contribution in [2.24, 2.45) is 0 Å². The number of thiophene rings is 1. The molecular weight excluding hydrogens is 292 g/mol. The van der Waals surface area contributed by atoms with E-state index in [0.717, 1.165) is 12.8 Å². The quantitative estimate of drug-likeness (QED) is 0.768. The summed E-state index contributed by atoms with van der Waals surface area (Å²) in [6.07, 6.45) is 8.61. The molecule has 2 aromatic heterocycles. The fraction of sp³-hybridized carbons (Fsp3) is 0.462. The molecule has 108 valence electrons. The minimum absolute atomic E-state index is 0.128. The number of nitrogens with one attached hydrogen (secondary N) is 1. The minimum Gasteiger partial charge on any atom is -0.396 e. The molecule has 0 unspecified atom stereocenters. The lowest BCUT2D eigenvalue weighted by Gasteiger charge is -2.04. The number of nitrogen functional groups attached to an aromatic ring is 1. The molecule has 7 heteroatoms. The van der Waals surface area contributed by atoms with Gasteiger partial charge in [-0.05, 0) is 24.9 Å². The maximum absolute atomic E-state index is 12.1. The Kier molecular flexibility index (Phi) is 5.60. The number of hydrogen-bond donors (Lipinski definition) is 2. The van der Waals surface area contributed by atoms with E-state index in [1.165, 1.54) is 23.5 Å². The first-order valence-electron chi connectivity index (χ1n) is 6.50. The molecule has 2 heterocycles. The fourth-order valence-corrected chi connectivity index (χ4v) is 3.27. The lowest BCUT2D eigenvalue weighted by molar-refractivity contribution is 0.0958. The molecule has 0 spiro atoms. The summed E-state index contributed by atoms with van der Waals surface area (Å²) in [4.78, 5) is 21.6. The minimum atomic E-state index is -0.128. The maximum Gasteiger partial charge on any atom is 0.263 e. The average molecular weight is 310 g/mol. The summed E-state index contributed by atoms with van der Waals surface area (Å²) >= 11 is 3.14. The molecule has 1 amide bonds. The van der Waals surface area contributed by atoms with Crippen LogP contribution in [-0.4, -0.2) is 34.4 Å². The molecule has 0 saturated heterocycles. The summed E-state index contributed by atoms with van der Waals surface area (Å²) in [6, 6.07) is 0. The molecule has 0 bridgehead atoms. The number of unbranched alkanes of at least 4 members (excludes halogenated alkanes) is 2. The summed E-state index contributed by atoms with van der Waals surface area (Å²) < 4.78 is 0. The third-order valence-corrected chi connectivity index (χ3v) is 4.68. The second kappa shape index (κ2) is 7.44. The van der Waals surface area contributed by atoms with Crippen molar-refractivity contribution in [1.82, 2.24) is 15.3 Å². The number of nitrogens with two attached hydrogens (primary N) is 1. The van der Waals surface area contributed by atoms with E-state index in [1.54, 1.807) is 12.4 Å². The smallest absolute Gasteiger partial charge is 0.263 e. The third kappa shape index (κ3) is 3.61. The van der Waals surface area contributed by atoms with Crippen LogP contribution in [0.15, 0.2) is 12.4 Å². The van der Waals surface area contributed by atoms with Gasteiger partial charge in [0, 0.05) is 18.9 Å². The van der Waals surface area contributed by atoms with Crippen molar-refractivity contribution in [1.29, 1.82) is 0 Å². The zero-order valence-electron chi connectivity index (χ0n) is 11.4. The zero-order valence-corrected chi connectivity index (χ0v) is 13.0. The molecule has 0 aliphatic rings. The topological polar surface area (TPSA) is 80.9 Å². The Morgan fingerprint density at radius 2 is 2.15 bits per heavy atom. The number of rotatable bonds is 7. The van der Waals surface area contributed by atoms with E-state index in [0.29, 0.717) is 27.5 Å². The summed E-state index contributed by atoms with van der Waals surface area (Å²) in [7, 11) is 0. The van der Waals surface area contributed by atoms with Crippen LogP contribution in [0.3, 0.4) is 0 Å². The van der Waals surface area contributed by atoms with Crippen molar-refractivity contribution in [2.75, 3.05) is 24.3 Å². The van der Waals surface area contributed by atoms with E-state index in [-0.39, 0.29) is 5.91 Å². The number of aromatic nitrogens is 2. The van der Waals surface area contributed by atoms with Crippen LogP contribution in [0, 0.1) is 0 Å². The molecule has 5 nitrogen and oxygen atoms in total. The molecular formula is C13H18N4OS2. The SMILES string of the molecule is CSCCCCCNC(=O)c1sc2nccnc2c1N. The average Bonchev–Trinajstić information content (AvgIpc) is 2.80. The number of anilines is 1. The Morgan fingerprint density at radius 1 is 1.35 bits per heavy atom. The number of carbonyl (C=O) groups is 1. The van der Waals surface area contributed by atoms with Crippen LogP contribution in [-0.2, 0) is 0 Å². The van der Waals surface area contributed by atoms with E-state index in [2.05, 4.69) is 21.5 Å². The van der Waals surface area contributed by atoms with Gasteiger partial charge in [-0.15, -0.1) is 11.3 Å². The molecule has 0 aliphatic heterocycles. The van der Waals surface area contributed by atoms with Crippen molar-refractivity contribution in [3.63, 3.8) is 0 Å². The Bertz CT molecular complexity index is 585. The Hall–Kier alpha value is -1.34. The number of amides is 1. The van der Waals surface area contributed by atoms with Crippen molar-refractivity contribution < 1.29 is 4.79 Å². The summed E-state index contributed by atoms with van der Waals surface area (Å²) in [5.41, 5.74) is 7.00. The van der Waals surface area contributed by atoms with Gasteiger partial charge < -0.3 is 11.1 Å². The zero-order chi connectivity index (χ0) is 14.4. The predicted octanol–water partition coefficient (Wildman–Crippen LogP) is 2.54. The van der Waals surface area contributed by atoms with Gasteiger partial charge in [0.1, 0.15) is 15.2 Å². The molecule has 2 aromatic rings. The van der Waals surface area contributed by atoms with Crippen molar-refractivity contribution >= 4 is 45.0 Å². The largest absolute Gasteiger partial charge is 0.396 e. The highest BCUT2D eigenvalue weighted by Crippen LogP contribution is 2.30. The Labute approximate surface area is 126 Å². The van der Waals surface area contributed by atoms with Gasteiger partial charge in [0.15, 0.2) is 0 Å². The molecule has 2 rings (SSSR count). The van der Waals surface area contributed by atoms with Crippen LogP contribution in [0.2, 0.25) is 0 Å². The predicted molar refractivity (Wildman–Crippen MR) is 86.4 cm³/mol. The lowest BCUT2D eigenvalue weighted by Crippen LogP contribution is -2.24. The van der Waals surface area contributed by atoms with E-state index in [4.69, 9.17) is 5.73 Å². The molecule has 0 atom stereocenters. The van der Waals surface area contributed by atoms with Gasteiger partial charge >= 0.3 is 0 Å². The van der Waals surface area contributed by atoms with Crippen LogP contribution in [0.25, 0.3) is 10.3 Å². The standard InChI is InChI=1S/C13H18N4OS2/c1-19-8-4-2-3-5-16-12(18)11-9(14)10-13(20-11)17-7-6-15-10/h6-7H,2-5,8,14H2,1H3,(H,16,18). The molecule has 0 aliphatic carbocycles. The normalized spacial score (nSPS) is 10.8. The summed E-state index contributed by atoms with van der Waals surface area (Å²) in [5, 5.41) is 2.91. The van der Waals surface area contributed by atoms with Crippen molar-refractivity contribution in [3.05, 3.63) is 17.3 Å². The first-order chi connectivity index (χ1) is 9.74. The van der Waals surface area contributed by atoms with E-state index in [9.17, 15) is 4.79 Å². The number of carbonyl (C=O) groups excluding carboxylic acids is 1. The number of thioether (sulfide) groups is 1. The van der Waals surface area contributed by atoms with Gasteiger partial charge in [0.2, 0.25) is 0 Å². The number of nitrogens with zero attached hydrogens (tertiary/aromatic N) is 2. The van der Waals surface area contributed by atoms with Crippen molar-refractivity contribution in [3.8, 4) is 0 Å². The van der Waals surface area contributed by atoms with E-state index < -0.39 is 0 Å². The fourth-order valence-electron chi connectivity index (χ4n) is 1.84. The summed E-state index contributed by atoms with van der Waals surface area (Å²) in [5.74, 6) is 1.05. The van der Waals surface area contributed by atoms with Gasteiger partial charge in [0.25, 0.3) is 5.91 Å². The highest BCUT2D eigenvalue weighted by Gasteiger charge is 2.17. The Balaban J connectivity index is 1.89. The van der Waals surface area contributed by atoms with Gasteiger partial charge in [-0.25, -0.2) is 9.97 Å². The van der Waals surface area contributed by atoms with Crippen LogP contribution in [0.4, 0.5) is 5.69 Å². The molecule has 0 fully saturated rings. The summed E-state index contributed by atoms with van der Waals surface area (Å²) in [6.45, 7) is 0.682. The van der Waals surface area contributed by atoms with Gasteiger partial charge in [-0.3, -0.25) is 4.79 Å². The van der Waals surface area contributed by atoms with E-state index in [1.807, 2.05) is 11.8 Å².